The molecule has 0 aliphatic rings. The van der Waals surface area contributed by atoms with Gasteiger partial charge in [-0.2, -0.15) is 0 Å². The van der Waals surface area contributed by atoms with Gasteiger partial charge >= 0.3 is 0 Å². The van der Waals surface area contributed by atoms with Gasteiger partial charge in [0.1, 0.15) is 5.75 Å². The van der Waals surface area contributed by atoms with E-state index in [0.29, 0.717) is 15.8 Å². The summed E-state index contributed by atoms with van der Waals surface area (Å²) < 4.78 is 5.46. The van der Waals surface area contributed by atoms with Gasteiger partial charge in [0.15, 0.2) is 6.61 Å². The molecule has 0 aliphatic carbocycles. The highest BCUT2D eigenvalue weighted by Crippen LogP contribution is 2.19. The minimum Gasteiger partial charge on any atom is -0.483 e. The van der Waals surface area contributed by atoms with Crippen LogP contribution in [0.5, 0.6) is 5.75 Å². The Morgan fingerprint density at radius 1 is 1.04 bits per heavy atom. The number of carbonyl (C=O) groups is 2. The largest absolute Gasteiger partial charge is 0.483 e. The van der Waals surface area contributed by atoms with Crippen LogP contribution in [0.2, 0.25) is 10.0 Å². The van der Waals surface area contributed by atoms with Crippen molar-refractivity contribution in [1.29, 1.82) is 0 Å². The van der Waals surface area contributed by atoms with Crippen LogP contribution >= 0.6 is 23.2 Å². The van der Waals surface area contributed by atoms with Crippen LogP contribution in [0.4, 0.5) is 0 Å². The van der Waals surface area contributed by atoms with Gasteiger partial charge in [-0.15, -0.1) is 0 Å². The van der Waals surface area contributed by atoms with E-state index in [-0.39, 0.29) is 12.2 Å². The molecule has 2 rings (SSSR count). The van der Waals surface area contributed by atoms with Crippen molar-refractivity contribution in [3.05, 3.63) is 63.6 Å². The standard InChI is InChI=1S/C17H16Cl2N2O3/c1-2-11-5-3-4-6-15(11)24-10-16(22)20-21-17(23)12-7-13(18)9-14(19)8-12/h3-9H,2,10H2,1H3,(H,20,22)(H,21,23). The molecule has 2 aromatic rings. The number of carbonyl (C=O) groups excluding carboxylic acids is 2. The fourth-order valence-electron chi connectivity index (χ4n) is 2.00. The van der Waals surface area contributed by atoms with E-state index in [2.05, 4.69) is 10.9 Å². The molecule has 0 unspecified atom stereocenters. The van der Waals surface area contributed by atoms with Crippen LogP contribution in [0.3, 0.4) is 0 Å². The molecule has 7 heteroatoms. The molecule has 0 spiro atoms. The van der Waals surface area contributed by atoms with Gasteiger partial charge in [-0.05, 0) is 36.2 Å². The second kappa shape index (κ2) is 8.57. The van der Waals surface area contributed by atoms with Gasteiger partial charge in [0, 0.05) is 15.6 Å². The minimum absolute atomic E-state index is 0.215. The Kier molecular flexibility index (Phi) is 6.46. The number of para-hydroxylation sites is 1. The summed E-state index contributed by atoms with van der Waals surface area (Å²) in [6, 6.07) is 11.9. The molecule has 126 valence electrons. The molecule has 5 nitrogen and oxygen atoms in total. The van der Waals surface area contributed by atoms with E-state index in [9.17, 15) is 9.59 Å². The average Bonchev–Trinajstić information content (AvgIpc) is 2.57. The SMILES string of the molecule is CCc1ccccc1OCC(=O)NNC(=O)c1cc(Cl)cc(Cl)c1. The molecule has 2 aromatic carbocycles. The first-order valence-corrected chi connectivity index (χ1v) is 8.01. The number of rotatable bonds is 5. The third kappa shape index (κ3) is 5.15. The van der Waals surface area contributed by atoms with Crippen LogP contribution in [0.15, 0.2) is 42.5 Å². The van der Waals surface area contributed by atoms with Crippen molar-refractivity contribution in [2.75, 3.05) is 6.61 Å². The fourth-order valence-corrected chi connectivity index (χ4v) is 2.53. The monoisotopic (exact) mass is 366 g/mol. The van der Waals surface area contributed by atoms with Gasteiger partial charge in [0.05, 0.1) is 0 Å². The molecular formula is C17H16Cl2N2O3. The summed E-state index contributed by atoms with van der Waals surface area (Å²) in [6.07, 6.45) is 0.796. The second-order valence-electron chi connectivity index (χ2n) is 4.91. The fraction of sp³-hybridized carbons (Fsp3) is 0.176. The molecule has 0 aliphatic heterocycles. The lowest BCUT2D eigenvalue weighted by atomic mass is 10.1. The maximum Gasteiger partial charge on any atom is 0.276 e. The normalized spacial score (nSPS) is 10.1. The van der Waals surface area contributed by atoms with Crippen LogP contribution in [0.1, 0.15) is 22.8 Å². The predicted octanol–water partition coefficient (Wildman–Crippen LogP) is 3.40. The minimum atomic E-state index is -0.526. The number of halogens is 2. The van der Waals surface area contributed by atoms with Crippen LogP contribution in [0, 0.1) is 0 Å². The second-order valence-corrected chi connectivity index (χ2v) is 5.78. The average molecular weight is 367 g/mol. The molecule has 2 amide bonds. The van der Waals surface area contributed by atoms with Crippen molar-refractivity contribution in [2.45, 2.75) is 13.3 Å². The highest BCUT2D eigenvalue weighted by Gasteiger charge is 2.10. The van der Waals surface area contributed by atoms with E-state index in [1.165, 1.54) is 18.2 Å². The van der Waals surface area contributed by atoms with Crippen LogP contribution < -0.4 is 15.6 Å². The molecule has 24 heavy (non-hydrogen) atoms. The quantitative estimate of drug-likeness (QED) is 0.796. The van der Waals surface area contributed by atoms with E-state index in [4.69, 9.17) is 27.9 Å². The highest BCUT2D eigenvalue weighted by molar-refractivity contribution is 6.35. The first-order chi connectivity index (χ1) is 11.5. The van der Waals surface area contributed by atoms with Crippen LogP contribution in [0.25, 0.3) is 0 Å². The number of hydrazine groups is 1. The van der Waals surface area contributed by atoms with Crippen molar-refractivity contribution >= 4 is 35.0 Å². The summed E-state index contributed by atoms with van der Waals surface area (Å²) in [5.41, 5.74) is 5.80. The Hall–Kier alpha value is -2.24. The first kappa shape index (κ1) is 18.1. The Morgan fingerprint density at radius 2 is 1.71 bits per heavy atom. The van der Waals surface area contributed by atoms with E-state index in [1.807, 2.05) is 25.1 Å². The smallest absolute Gasteiger partial charge is 0.276 e. The maximum atomic E-state index is 11.9. The summed E-state index contributed by atoms with van der Waals surface area (Å²) in [5, 5.41) is 0.664. The molecule has 0 aromatic heterocycles. The molecular weight excluding hydrogens is 351 g/mol. The number of hydrogen-bond donors (Lipinski definition) is 2. The Bertz CT molecular complexity index is 730. The number of aryl methyl sites for hydroxylation is 1. The maximum absolute atomic E-state index is 11.9. The summed E-state index contributed by atoms with van der Waals surface area (Å²) in [4.78, 5) is 23.7. The van der Waals surface area contributed by atoms with Gasteiger partial charge in [-0.25, -0.2) is 0 Å². The number of nitrogens with one attached hydrogen (secondary N) is 2. The lowest BCUT2D eigenvalue weighted by molar-refractivity contribution is -0.123. The van der Waals surface area contributed by atoms with Gasteiger partial charge in [0.25, 0.3) is 11.8 Å². The molecule has 0 atom stereocenters. The third-order valence-electron chi connectivity index (χ3n) is 3.15. The molecule has 0 saturated carbocycles. The molecule has 0 heterocycles. The summed E-state index contributed by atoms with van der Waals surface area (Å²) >= 11 is 11.7. The summed E-state index contributed by atoms with van der Waals surface area (Å²) in [7, 11) is 0. The van der Waals surface area contributed by atoms with Gasteiger partial charge in [0.2, 0.25) is 0 Å². The number of ether oxygens (including phenoxy) is 1. The van der Waals surface area contributed by atoms with Crippen molar-refractivity contribution in [3.63, 3.8) is 0 Å². The lowest BCUT2D eigenvalue weighted by Gasteiger charge is -2.11. The number of hydrogen-bond acceptors (Lipinski definition) is 3. The molecule has 0 radical (unpaired) electrons. The number of benzene rings is 2. The zero-order chi connectivity index (χ0) is 17.5. The topological polar surface area (TPSA) is 67.4 Å². The Labute approximate surface area is 149 Å². The van der Waals surface area contributed by atoms with Crippen LogP contribution in [-0.2, 0) is 11.2 Å². The Balaban J connectivity index is 1.85. The molecule has 2 N–H and O–H groups in total. The first-order valence-electron chi connectivity index (χ1n) is 7.25. The van der Waals surface area contributed by atoms with E-state index in [0.717, 1.165) is 12.0 Å². The van der Waals surface area contributed by atoms with Crippen molar-refractivity contribution < 1.29 is 14.3 Å². The Morgan fingerprint density at radius 3 is 2.38 bits per heavy atom. The van der Waals surface area contributed by atoms with Gasteiger partial charge in [-0.3, -0.25) is 20.4 Å². The zero-order valence-corrected chi connectivity index (χ0v) is 14.4. The molecule has 0 fully saturated rings. The summed E-state index contributed by atoms with van der Waals surface area (Å²) in [5.74, 6) is -0.368. The van der Waals surface area contributed by atoms with E-state index >= 15 is 0 Å². The third-order valence-corrected chi connectivity index (χ3v) is 3.59. The molecule has 0 bridgehead atoms. The van der Waals surface area contributed by atoms with Crippen molar-refractivity contribution in [3.8, 4) is 5.75 Å². The highest BCUT2D eigenvalue weighted by atomic mass is 35.5. The zero-order valence-electron chi connectivity index (χ0n) is 12.9. The van der Waals surface area contributed by atoms with Crippen molar-refractivity contribution in [1.82, 2.24) is 10.9 Å². The van der Waals surface area contributed by atoms with E-state index in [1.54, 1.807) is 6.07 Å². The predicted molar refractivity (Wildman–Crippen MR) is 93.4 cm³/mol. The van der Waals surface area contributed by atoms with E-state index < -0.39 is 11.8 Å². The van der Waals surface area contributed by atoms with Crippen LogP contribution in [-0.4, -0.2) is 18.4 Å². The van der Waals surface area contributed by atoms with Crippen molar-refractivity contribution in [2.24, 2.45) is 0 Å². The number of amides is 2. The lowest BCUT2D eigenvalue weighted by Crippen LogP contribution is -2.43. The summed E-state index contributed by atoms with van der Waals surface area (Å²) in [6.45, 7) is 1.78. The molecule has 0 saturated heterocycles. The van der Waals surface area contributed by atoms with Gasteiger partial charge < -0.3 is 4.74 Å². The van der Waals surface area contributed by atoms with Gasteiger partial charge in [-0.1, -0.05) is 48.3 Å².